The molecule has 1 unspecified atom stereocenters. The minimum atomic E-state index is -0.310. The van der Waals surface area contributed by atoms with Crippen LogP contribution in [0.4, 0.5) is 10.2 Å². The smallest absolute Gasteiger partial charge is 0.251 e. The Morgan fingerprint density at radius 2 is 2.19 bits per heavy atom. The molecule has 1 fully saturated rings. The quantitative estimate of drug-likeness (QED) is 0.337. The number of hydrogen-bond donors (Lipinski definition) is 3. The maximum atomic E-state index is 14.0. The van der Waals surface area contributed by atoms with Crippen molar-refractivity contribution in [1.82, 2.24) is 20.9 Å². The zero-order valence-corrected chi connectivity index (χ0v) is 17.9. The van der Waals surface area contributed by atoms with Crippen molar-refractivity contribution in [2.45, 2.75) is 19.4 Å². The molecule has 0 radical (unpaired) electrons. The van der Waals surface area contributed by atoms with Crippen LogP contribution in [-0.4, -0.2) is 62.7 Å². The first kappa shape index (κ1) is 22.3. The van der Waals surface area contributed by atoms with Crippen LogP contribution in [0.5, 0.6) is 5.75 Å². The van der Waals surface area contributed by atoms with E-state index in [1.807, 2.05) is 11.8 Å². The van der Waals surface area contributed by atoms with E-state index < -0.39 is 0 Å². The number of hydrogen-bond acceptors (Lipinski definition) is 5. The Bertz CT molecular complexity index is 907. The van der Waals surface area contributed by atoms with Crippen LogP contribution in [0.3, 0.4) is 0 Å². The number of rotatable bonds is 8. The van der Waals surface area contributed by atoms with Gasteiger partial charge in [0, 0.05) is 44.0 Å². The molecule has 2 heterocycles. The highest BCUT2D eigenvalue weighted by molar-refractivity contribution is 5.94. The third kappa shape index (κ3) is 6.31. The summed E-state index contributed by atoms with van der Waals surface area (Å²) in [7, 11) is 1.57. The summed E-state index contributed by atoms with van der Waals surface area (Å²) in [5.41, 5.74) is 0.543. The topological polar surface area (TPSA) is 90.9 Å². The third-order valence-corrected chi connectivity index (χ3v) is 4.91. The number of guanidine groups is 1. The largest absolute Gasteiger partial charge is 0.497 e. The van der Waals surface area contributed by atoms with Gasteiger partial charge in [0.15, 0.2) is 17.6 Å². The fourth-order valence-electron chi connectivity index (χ4n) is 3.40. The maximum Gasteiger partial charge on any atom is 0.251 e. The average Bonchev–Trinajstić information content (AvgIpc) is 3.25. The Morgan fingerprint density at radius 1 is 1.32 bits per heavy atom. The molecule has 1 aromatic heterocycles. The van der Waals surface area contributed by atoms with Crippen LogP contribution in [0.2, 0.25) is 0 Å². The van der Waals surface area contributed by atoms with E-state index >= 15 is 0 Å². The van der Waals surface area contributed by atoms with Gasteiger partial charge >= 0.3 is 0 Å². The van der Waals surface area contributed by atoms with Gasteiger partial charge in [0.25, 0.3) is 5.91 Å². The predicted octanol–water partition coefficient (Wildman–Crippen LogP) is 1.79. The molecule has 1 aromatic carbocycles. The Hall–Kier alpha value is -3.36. The summed E-state index contributed by atoms with van der Waals surface area (Å²) in [5.74, 6) is 1.22. The van der Waals surface area contributed by atoms with Gasteiger partial charge in [0.05, 0.1) is 13.7 Å². The lowest BCUT2D eigenvalue weighted by atomic mass is 10.2. The minimum absolute atomic E-state index is 0.130. The van der Waals surface area contributed by atoms with E-state index in [2.05, 4.69) is 25.9 Å². The monoisotopic (exact) mass is 428 g/mol. The van der Waals surface area contributed by atoms with E-state index in [1.54, 1.807) is 43.6 Å². The summed E-state index contributed by atoms with van der Waals surface area (Å²) in [5, 5.41) is 9.46. The number of ether oxygens (including phenoxy) is 1. The lowest BCUT2D eigenvalue weighted by molar-refractivity contribution is 0.0954. The van der Waals surface area contributed by atoms with Crippen LogP contribution >= 0.6 is 0 Å². The first-order valence-electron chi connectivity index (χ1n) is 10.4. The number of halogens is 1. The molecule has 0 bridgehead atoms. The number of nitrogens with zero attached hydrogens (tertiary/aromatic N) is 3. The molecule has 2 aromatic rings. The summed E-state index contributed by atoms with van der Waals surface area (Å²) in [6.45, 7) is 4.91. The molecule has 0 spiro atoms. The molecule has 1 amide bonds. The van der Waals surface area contributed by atoms with Gasteiger partial charge in [-0.05, 0) is 43.7 Å². The number of anilines is 1. The number of amides is 1. The van der Waals surface area contributed by atoms with E-state index in [4.69, 9.17) is 4.74 Å². The Labute approximate surface area is 181 Å². The number of benzene rings is 1. The zero-order chi connectivity index (χ0) is 22.1. The van der Waals surface area contributed by atoms with Gasteiger partial charge < -0.3 is 25.6 Å². The highest BCUT2D eigenvalue weighted by Gasteiger charge is 2.25. The SMILES string of the molecule is CCNC(=NCCNC(=O)c1cccc(OC)c1)NC1CCN(c2ncccc2F)C1. The molecule has 9 heteroatoms. The second kappa shape index (κ2) is 11.1. The molecule has 0 saturated carbocycles. The first-order valence-corrected chi connectivity index (χ1v) is 10.4. The fourth-order valence-corrected chi connectivity index (χ4v) is 3.40. The molecule has 8 nitrogen and oxygen atoms in total. The molecule has 1 saturated heterocycles. The van der Waals surface area contributed by atoms with Crippen molar-refractivity contribution in [2.24, 2.45) is 4.99 Å². The zero-order valence-electron chi connectivity index (χ0n) is 17.9. The second-order valence-electron chi connectivity index (χ2n) is 7.13. The van der Waals surface area contributed by atoms with Crippen LogP contribution in [0.15, 0.2) is 47.6 Å². The van der Waals surface area contributed by atoms with Gasteiger partial charge in [-0.15, -0.1) is 0 Å². The van der Waals surface area contributed by atoms with Gasteiger partial charge in [-0.25, -0.2) is 9.37 Å². The molecular weight excluding hydrogens is 399 g/mol. The Kier molecular flexibility index (Phi) is 8.03. The number of pyridine rings is 1. The molecule has 1 aliphatic rings. The summed E-state index contributed by atoms with van der Waals surface area (Å²) >= 11 is 0. The molecule has 166 valence electrons. The highest BCUT2D eigenvalue weighted by Crippen LogP contribution is 2.20. The standard InChI is InChI=1S/C22H29FN6O2/c1-3-24-22(27-12-11-26-21(30)16-6-4-7-18(14-16)31-2)28-17-9-13-29(15-17)20-19(23)8-5-10-25-20/h4-8,10,14,17H,3,9,11-13,15H2,1-2H3,(H,26,30)(H2,24,27,28). The average molecular weight is 429 g/mol. The van der Waals surface area contributed by atoms with Crippen molar-refractivity contribution < 1.29 is 13.9 Å². The molecule has 3 N–H and O–H groups in total. The minimum Gasteiger partial charge on any atom is -0.497 e. The van der Waals surface area contributed by atoms with Gasteiger partial charge in [-0.2, -0.15) is 0 Å². The van der Waals surface area contributed by atoms with Crippen molar-refractivity contribution >= 4 is 17.7 Å². The highest BCUT2D eigenvalue weighted by atomic mass is 19.1. The van der Waals surface area contributed by atoms with Gasteiger partial charge in [0.2, 0.25) is 0 Å². The van der Waals surface area contributed by atoms with E-state index in [-0.39, 0.29) is 17.8 Å². The Morgan fingerprint density at radius 3 is 2.97 bits per heavy atom. The van der Waals surface area contributed by atoms with Crippen molar-refractivity contribution in [3.8, 4) is 5.75 Å². The lowest BCUT2D eigenvalue weighted by Crippen LogP contribution is -2.45. The summed E-state index contributed by atoms with van der Waals surface area (Å²) < 4.78 is 19.1. The van der Waals surface area contributed by atoms with E-state index in [1.165, 1.54) is 6.07 Å². The molecular formula is C22H29FN6O2. The second-order valence-corrected chi connectivity index (χ2v) is 7.13. The number of nitrogens with one attached hydrogen (secondary N) is 3. The number of methoxy groups -OCH3 is 1. The normalized spacial score (nSPS) is 16.2. The van der Waals surface area contributed by atoms with Gasteiger partial charge in [-0.3, -0.25) is 9.79 Å². The predicted molar refractivity (Wildman–Crippen MR) is 119 cm³/mol. The maximum absolute atomic E-state index is 14.0. The van der Waals surface area contributed by atoms with E-state index in [0.29, 0.717) is 49.3 Å². The molecule has 0 aliphatic carbocycles. The summed E-state index contributed by atoms with van der Waals surface area (Å²) in [6, 6.07) is 10.2. The van der Waals surface area contributed by atoms with Crippen molar-refractivity contribution in [3.05, 3.63) is 54.0 Å². The van der Waals surface area contributed by atoms with Crippen LogP contribution in [-0.2, 0) is 0 Å². The van der Waals surface area contributed by atoms with Crippen molar-refractivity contribution in [2.75, 3.05) is 44.7 Å². The summed E-state index contributed by atoms with van der Waals surface area (Å²) in [6.07, 6.45) is 2.46. The van der Waals surface area contributed by atoms with Crippen LogP contribution < -0.4 is 25.6 Å². The molecule has 1 aliphatic heterocycles. The number of carbonyl (C=O) groups excluding carboxylic acids is 1. The number of carbonyl (C=O) groups is 1. The van der Waals surface area contributed by atoms with Crippen LogP contribution in [0.25, 0.3) is 0 Å². The van der Waals surface area contributed by atoms with E-state index in [9.17, 15) is 9.18 Å². The van der Waals surface area contributed by atoms with E-state index in [0.717, 1.165) is 13.0 Å². The first-order chi connectivity index (χ1) is 15.1. The summed E-state index contributed by atoms with van der Waals surface area (Å²) in [4.78, 5) is 22.9. The Balaban J connectivity index is 1.49. The van der Waals surface area contributed by atoms with Gasteiger partial charge in [-0.1, -0.05) is 6.07 Å². The molecule has 31 heavy (non-hydrogen) atoms. The molecule has 1 atom stereocenters. The fraction of sp³-hybridized carbons (Fsp3) is 0.409. The lowest BCUT2D eigenvalue weighted by Gasteiger charge is -2.20. The van der Waals surface area contributed by atoms with Crippen molar-refractivity contribution in [3.63, 3.8) is 0 Å². The van der Waals surface area contributed by atoms with Crippen molar-refractivity contribution in [1.29, 1.82) is 0 Å². The van der Waals surface area contributed by atoms with Gasteiger partial charge in [0.1, 0.15) is 5.75 Å². The number of aromatic nitrogens is 1. The third-order valence-electron chi connectivity index (χ3n) is 4.91. The van der Waals surface area contributed by atoms with Crippen LogP contribution in [0.1, 0.15) is 23.7 Å². The molecule has 3 rings (SSSR count). The van der Waals surface area contributed by atoms with Crippen LogP contribution in [0, 0.1) is 5.82 Å². The number of aliphatic imine (C=N–C) groups is 1.